The second-order valence-electron chi connectivity index (χ2n) is 5.26. The molecule has 0 aliphatic rings. The topological polar surface area (TPSA) is 94.0 Å². The van der Waals surface area contributed by atoms with Gasteiger partial charge in [0.25, 0.3) is 15.9 Å². The van der Waals surface area contributed by atoms with Crippen molar-refractivity contribution < 1.29 is 13.2 Å². The number of halogens is 2. The molecular weight excluding hydrogens is 444 g/mol. The van der Waals surface area contributed by atoms with Gasteiger partial charge in [-0.25, -0.2) is 18.1 Å². The average molecular weight is 456 g/mol. The van der Waals surface area contributed by atoms with Gasteiger partial charge in [0.2, 0.25) is 0 Å². The Balaban J connectivity index is 1.91. The molecule has 0 fully saturated rings. The zero-order chi connectivity index (χ0) is 18.9. The van der Waals surface area contributed by atoms with Crippen LogP contribution in [0.5, 0.6) is 0 Å². The largest absolute Gasteiger partial charge is 0.332 e. The van der Waals surface area contributed by atoms with Crippen molar-refractivity contribution in [2.75, 3.05) is 0 Å². The number of pyridine rings is 1. The molecule has 0 spiro atoms. The van der Waals surface area contributed by atoms with E-state index >= 15 is 0 Å². The number of carbonyl (C=O) groups excluding carboxylic acids is 1. The summed E-state index contributed by atoms with van der Waals surface area (Å²) in [7, 11) is -2.44. The van der Waals surface area contributed by atoms with Crippen molar-refractivity contribution in [2.45, 2.75) is 4.90 Å². The molecule has 0 saturated carbocycles. The smallest absolute Gasteiger partial charge is 0.285 e. The fourth-order valence-corrected chi connectivity index (χ4v) is 4.15. The van der Waals surface area contributed by atoms with Crippen molar-refractivity contribution in [1.82, 2.24) is 19.3 Å². The molecule has 0 atom stereocenters. The van der Waals surface area contributed by atoms with Gasteiger partial charge >= 0.3 is 0 Å². The molecule has 0 aliphatic heterocycles. The molecule has 0 bridgehead atoms. The van der Waals surface area contributed by atoms with Gasteiger partial charge in [-0.05, 0) is 40.2 Å². The Hall–Kier alpha value is -2.23. The van der Waals surface area contributed by atoms with Crippen LogP contribution in [0, 0.1) is 0 Å². The molecule has 0 radical (unpaired) electrons. The number of carbonyl (C=O) groups is 1. The number of nitrogens with one attached hydrogen (secondary N) is 1. The van der Waals surface area contributed by atoms with Crippen LogP contribution in [0.3, 0.4) is 0 Å². The molecule has 1 aromatic carbocycles. The minimum Gasteiger partial charge on any atom is -0.332 e. The number of hydrogen-bond acceptors (Lipinski definition) is 5. The molecule has 0 unspecified atom stereocenters. The van der Waals surface area contributed by atoms with Crippen LogP contribution in [0.25, 0.3) is 11.5 Å². The summed E-state index contributed by atoms with van der Waals surface area (Å²) in [5, 5.41) is 0.0203. The van der Waals surface area contributed by atoms with Crippen LogP contribution < -0.4 is 4.72 Å². The molecule has 7 nitrogen and oxygen atoms in total. The van der Waals surface area contributed by atoms with E-state index in [1.807, 2.05) is 4.72 Å². The lowest BCUT2D eigenvalue weighted by Gasteiger charge is -2.06. The zero-order valence-corrected chi connectivity index (χ0v) is 16.5. The summed E-state index contributed by atoms with van der Waals surface area (Å²) in [5.41, 5.74) is 0.471. The van der Waals surface area contributed by atoms with Crippen LogP contribution in [0.15, 0.2) is 58.2 Å². The molecule has 2 aromatic heterocycles. The first-order chi connectivity index (χ1) is 12.3. The highest BCUT2D eigenvalue weighted by atomic mass is 79.9. The minimum atomic E-state index is -4.12. The number of nitrogens with zero attached hydrogens (tertiary/aromatic N) is 3. The first-order valence-electron chi connectivity index (χ1n) is 7.25. The molecular formula is C16H12BrClN4O3S. The Kier molecular flexibility index (Phi) is 5.12. The van der Waals surface area contributed by atoms with Crippen molar-refractivity contribution in [2.24, 2.45) is 7.05 Å². The highest BCUT2D eigenvalue weighted by Gasteiger charge is 2.24. The van der Waals surface area contributed by atoms with Gasteiger partial charge in [-0.1, -0.05) is 23.7 Å². The van der Waals surface area contributed by atoms with Gasteiger partial charge in [0, 0.05) is 23.9 Å². The third kappa shape index (κ3) is 3.64. The van der Waals surface area contributed by atoms with Gasteiger partial charge in [-0.15, -0.1) is 0 Å². The lowest BCUT2D eigenvalue weighted by atomic mass is 10.3. The summed E-state index contributed by atoms with van der Waals surface area (Å²) in [5.74, 6) is -0.448. The van der Waals surface area contributed by atoms with E-state index in [-0.39, 0.29) is 15.6 Å². The summed E-state index contributed by atoms with van der Waals surface area (Å²) in [4.78, 5) is 20.6. The number of amides is 1. The highest BCUT2D eigenvalue weighted by Crippen LogP contribution is 2.25. The van der Waals surface area contributed by atoms with Crippen molar-refractivity contribution >= 4 is 43.5 Å². The number of aromatic nitrogens is 3. The molecule has 3 aromatic rings. The number of imidazole rings is 1. The lowest BCUT2D eigenvalue weighted by molar-refractivity contribution is 0.0977. The number of sulfonamides is 1. The van der Waals surface area contributed by atoms with E-state index < -0.39 is 15.9 Å². The van der Waals surface area contributed by atoms with Gasteiger partial charge in [-0.2, -0.15) is 0 Å². The van der Waals surface area contributed by atoms with E-state index in [2.05, 4.69) is 25.9 Å². The van der Waals surface area contributed by atoms with Crippen molar-refractivity contribution in [3.8, 4) is 11.5 Å². The van der Waals surface area contributed by atoms with Crippen LogP contribution in [0.1, 0.15) is 10.5 Å². The quantitative estimate of drug-likeness (QED) is 0.653. The minimum absolute atomic E-state index is 0.0203. The Morgan fingerprint density at radius 1 is 1.23 bits per heavy atom. The normalized spacial score (nSPS) is 11.3. The standard InChI is InChI=1S/C16H12BrClN4O3S/c1-22-9-12(20-15(22)14-10(17)5-4-8-19-14)16(23)21-26(24,25)13-7-3-2-6-11(13)18/h2-9H,1H3,(H,21,23). The Labute approximate surface area is 163 Å². The van der Waals surface area contributed by atoms with Crippen LogP contribution in [0.2, 0.25) is 5.02 Å². The van der Waals surface area contributed by atoms with E-state index in [0.717, 1.165) is 0 Å². The van der Waals surface area contributed by atoms with E-state index in [0.29, 0.717) is 16.0 Å². The molecule has 2 heterocycles. The molecule has 1 N–H and O–H groups in total. The SMILES string of the molecule is Cn1cc(C(=O)NS(=O)(=O)c2ccccc2Cl)nc1-c1ncccc1Br. The molecule has 134 valence electrons. The van der Waals surface area contributed by atoms with Crippen molar-refractivity contribution in [3.05, 3.63) is 64.0 Å². The van der Waals surface area contributed by atoms with Crippen molar-refractivity contribution in [1.29, 1.82) is 0 Å². The van der Waals surface area contributed by atoms with E-state index in [1.165, 1.54) is 24.4 Å². The molecule has 0 aliphatic carbocycles. The lowest BCUT2D eigenvalue weighted by Crippen LogP contribution is -2.31. The summed E-state index contributed by atoms with van der Waals surface area (Å²) >= 11 is 9.28. The van der Waals surface area contributed by atoms with Gasteiger partial charge in [0.15, 0.2) is 5.82 Å². The van der Waals surface area contributed by atoms with Gasteiger partial charge < -0.3 is 4.57 Å². The Bertz CT molecular complexity index is 1100. The van der Waals surface area contributed by atoms with Gasteiger partial charge in [0.1, 0.15) is 16.3 Å². The maximum absolute atomic E-state index is 12.4. The predicted octanol–water partition coefficient (Wildman–Crippen LogP) is 3.02. The number of benzene rings is 1. The number of hydrogen-bond donors (Lipinski definition) is 1. The Morgan fingerprint density at radius 2 is 1.96 bits per heavy atom. The summed E-state index contributed by atoms with van der Waals surface area (Å²) in [6.07, 6.45) is 3.02. The maximum Gasteiger partial charge on any atom is 0.285 e. The molecule has 0 saturated heterocycles. The summed E-state index contributed by atoms with van der Waals surface area (Å²) < 4.78 is 29.0. The fourth-order valence-electron chi connectivity index (χ4n) is 2.24. The van der Waals surface area contributed by atoms with Crippen LogP contribution in [0.4, 0.5) is 0 Å². The second kappa shape index (κ2) is 7.18. The molecule has 26 heavy (non-hydrogen) atoms. The Morgan fingerprint density at radius 3 is 2.65 bits per heavy atom. The monoisotopic (exact) mass is 454 g/mol. The maximum atomic E-state index is 12.4. The molecule has 3 rings (SSSR count). The van der Waals surface area contributed by atoms with Crippen molar-refractivity contribution in [3.63, 3.8) is 0 Å². The number of aryl methyl sites for hydroxylation is 1. The second-order valence-corrected chi connectivity index (χ2v) is 8.17. The number of rotatable bonds is 4. The first-order valence-corrected chi connectivity index (χ1v) is 9.91. The van der Waals surface area contributed by atoms with E-state index in [4.69, 9.17) is 11.6 Å². The highest BCUT2D eigenvalue weighted by molar-refractivity contribution is 9.10. The molecule has 1 amide bonds. The van der Waals surface area contributed by atoms with Crippen LogP contribution in [-0.4, -0.2) is 28.9 Å². The fraction of sp³-hybridized carbons (Fsp3) is 0.0625. The summed E-state index contributed by atoms with van der Waals surface area (Å²) in [6, 6.07) is 9.39. The average Bonchev–Trinajstić information content (AvgIpc) is 2.97. The van der Waals surface area contributed by atoms with Gasteiger partial charge in [0.05, 0.1) is 5.02 Å². The third-order valence-corrected chi connectivity index (χ3v) is 5.90. The van der Waals surface area contributed by atoms with Gasteiger partial charge in [-0.3, -0.25) is 9.78 Å². The van der Waals surface area contributed by atoms with Crippen LogP contribution >= 0.6 is 27.5 Å². The van der Waals surface area contributed by atoms with E-state index in [1.54, 1.807) is 36.0 Å². The molecule has 10 heteroatoms. The summed E-state index contributed by atoms with van der Waals surface area (Å²) in [6.45, 7) is 0. The predicted molar refractivity (Wildman–Crippen MR) is 100 cm³/mol. The third-order valence-electron chi connectivity index (χ3n) is 3.43. The first kappa shape index (κ1) is 18.6. The van der Waals surface area contributed by atoms with Crippen LogP contribution in [-0.2, 0) is 17.1 Å². The van der Waals surface area contributed by atoms with E-state index in [9.17, 15) is 13.2 Å². The zero-order valence-electron chi connectivity index (χ0n) is 13.3.